The number of rotatable bonds is 3. The van der Waals surface area contributed by atoms with E-state index in [2.05, 4.69) is 10.3 Å². The summed E-state index contributed by atoms with van der Waals surface area (Å²) in [5, 5.41) is 17.3. The van der Waals surface area contributed by atoms with Crippen molar-refractivity contribution in [2.75, 3.05) is 26.2 Å². The average molecular weight is 445 g/mol. The number of para-hydroxylation sites is 2. The Morgan fingerprint density at radius 2 is 1.47 bits per heavy atom. The maximum absolute atomic E-state index is 13.3. The third-order valence-corrected chi connectivity index (χ3v) is 5.16. The molecule has 2 aromatic carbocycles. The maximum atomic E-state index is 13.3. The molecule has 4 rings (SSSR count). The summed E-state index contributed by atoms with van der Waals surface area (Å²) < 4.78 is 40.7. The third-order valence-electron chi connectivity index (χ3n) is 5.16. The number of nitrogens with zero attached hydrogens (tertiary/aromatic N) is 5. The van der Waals surface area contributed by atoms with Crippen molar-refractivity contribution in [2.24, 2.45) is 0 Å². The molecule has 0 spiro atoms. The molecule has 2 amide bonds. The van der Waals surface area contributed by atoms with Gasteiger partial charge in [-0.15, -0.1) is 5.10 Å². The zero-order valence-electron chi connectivity index (χ0n) is 16.7. The number of phenolic OH excluding ortho intramolecular Hbond substituents is 1. The van der Waals surface area contributed by atoms with Crippen LogP contribution < -0.4 is 0 Å². The Kier molecular flexibility index (Phi) is 5.56. The fourth-order valence-corrected chi connectivity index (χ4v) is 3.49. The van der Waals surface area contributed by atoms with Crippen LogP contribution in [-0.4, -0.2) is 67.9 Å². The number of carbonyl (C=O) groups is 2. The Labute approximate surface area is 180 Å². The van der Waals surface area contributed by atoms with E-state index in [1.54, 1.807) is 12.1 Å². The first-order valence-corrected chi connectivity index (χ1v) is 9.71. The SMILES string of the molecule is O=C(c1cn(-c2ccccc2C(F)(F)F)nn1)N1CCN(C(=O)c2ccccc2O)CC1. The van der Waals surface area contributed by atoms with Gasteiger partial charge in [0.25, 0.3) is 11.8 Å². The summed E-state index contributed by atoms with van der Waals surface area (Å²) >= 11 is 0. The summed E-state index contributed by atoms with van der Waals surface area (Å²) in [5.74, 6) is -0.952. The molecule has 8 nitrogen and oxygen atoms in total. The van der Waals surface area contributed by atoms with Crippen LogP contribution in [0.3, 0.4) is 0 Å². The lowest BCUT2D eigenvalue weighted by molar-refractivity contribution is -0.137. The quantitative estimate of drug-likeness (QED) is 0.669. The second kappa shape index (κ2) is 8.33. The molecule has 3 aromatic rings. The molecule has 0 atom stereocenters. The zero-order valence-corrected chi connectivity index (χ0v) is 16.7. The number of amides is 2. The van der Waals surface area contributed by atoms with Gasteiger partial charge < -0.3 is 14.9 Å². The molecule has 0 unspecified atom stereocenters. The Morgan fingerprint density at radius 3 is 2.12 bits per heavy atom. The Morgan fingerprint density at radius 1 is 0.875 bits per heavy atom. The molecule has 0 radical (unpaired) electrons. The van der Waals surface area contributed by atoms with Crippen molar-refractivity contribution < 1.29 is 27.9 Å². The van der Waals surface area contributed by atoms with Gasteiger partial charge in [0.15, 0.2) is 5.69 Å². The van der Waals surface area contributed by atoms with E-state index in [0.717, 1.165) is 16.9 Å². The highest BCUT2D eigenvalue weighted by atomic mass is 19.4. The maximum Gasteiger partial charge on any atom is 0.418 e. The number of hydrogen-bond acceptors (Lipinski definition) is 5. The summed E-state index contributed by atoms with van der Waals surface area (Å²) in [5.41, 5.74) is -1.04. The number of halogens is 3. The standard InChI is InChI=1S/C21H18F3N5O3/c22-21(23,24)15-6-2-3-7-17(15)29-13-16(25-26-29)20(32)28-11-9-27(10-12-28)19(31)14-5-1-4-8-18(14)30/h1-8,13,30H,9-12H2. The first kappa shape index (κ1) is 21.3. The predicted molar refractivity (Wildman–Crippen MR) is 106 cm³/mol. The highest BCUT2D eigenvalue weighted by Crippen LogP contribution is 2.33. The molecule has 1 fully saturated rings. The van der Waals surface area contributed by atoms with Gasteiger partial charge in [0.2, 0.25) is 0 Å². The number of aromatic nitrogens is 3. The molecule has 1 aliphatic rings. The van der Waals surface area contributed by atoms with Crippen LogP contribution in [0.1, 0.15) is 26.4 Å². The summed E-state index contributed by atoms with van der Waals surface area (Å²) in [7, 11) is 0. The normalized spacial score (nSPS) is 14.5. The van der Waals surface area contributed by atoms with Crippen LogP contribution >= 0.6 is 0 Å². The van der Waals surface area contributed by atoms with Crippen LogP contribution in [0.15, 0.2) is 54.7 Å². The molecular formula is C21H18F3N5O3. The summed E-state index contributed by atoms with van der Waals surface area (Å²) in [4.78, 5) is 28.3. The van der Waals surface area contributed by atoms with Crippen molar-refractivity contribution in [1.82, 2.24) is 24.8 Å². The second-order valence-electron chi connectivity index (χ2n) is 7.16. The molecule has 32 heavy (non-hydrogen) atoms. The lowest BCUT2D eigenvalue weighted by Gasteiger charge is -2.34. The highest BCUT2D eigenvalue weighted by molar-refractivity contribution is 5.97. The van der Waals surface area contributed by atoms with Crippen molar-refractivity contribution in [3.63, 3.8) is 0 Å². The van der Waals surface area contributed by atoms with Crippen LogP contribution in [-0.2, 0) is 6.18 Å². The van der Waals surface area contributed by atoms with Crippen LogP contribution in [0, 0.1) is 0 Å². The minimum absolute atomic E-state index is 0.0949. The number of hydrogen-bond donors (Lipinski definition) is 1. The van der Waals surface area contributed by atoms with Gasteiger partial charge in [0.05, 0.1) is 23.0 Å². The molecule has 0 saturated carbocycles. The second-order valence-corrected chi connectivity index (χ2v) is 7.16. The van der Waals surface area contributed by atoms with Crippen molar-refractivity contribution in [3.8, 4) is 11.4 Å². The zero-order chi connectivity index (χ0) is 22.9. The van der Waals surface area contributed by atoms with Gasteiger partial charge in [-0.3, -0.25) is 9.59 Å². The van der Waals surface area contributed by atoms with Crippen LogP contribution in [0.4, 0.5) is 13.2 Å². The highest BCUT2D eigenvalue weighted by Gasteiger charge is 2.34. The van der Waals surface area contributed by atoms with Gasteiger partial charge in [-0.2, -0.15) is 13.2 Å². The molecule has 2 heterocycles. The van der Waals surface area contributed by atoms with Gasteiger partial charge in [-0.05, 0) is 24.3 Å². The number of carbonyl (C=O) groups excluding carboxylic acids is 2. The number of aromatic hydroxyl groups is 1. The van der Waals surface area contributed by atoms with Gasteiger partial charge in [0, 0.05) is 26.2 Å². The molecule has 1 aliphatic heterocycles. The van der Waals surface area contributed by atoms with Crippen LogP contribution in [0.2, 0.25) is 0 Å². The van der Waals surface area contributed by atoms with E-state index in [4.69, 9.17) is 0 Å². The molecule has 1 N–H and O–H groups in total. The van der Waals surface area contributed by atoms with Crippen LogP contribution in [0.25, 0.3) is 5.69 Å². The van der Waals surface area contributed by atoms with Crippen molar-refractivity contribution in [3.05, 3.63) is 71.5 Å². The van der Waals surface area contributed by atoms with E-state index >= 15 is 0 Å². The number of piperazine rings is 1. The van der Waals surface area contributed by atoms with Crippen molar-refractivity contribution in [1.29, 1.82) is 0 Å². The molecule has 0 aliphatic carbocycles. The third kappa shape index (κ3) is 4.13. The topological polar surface area (TPSA) is 91.6 Å². The van der Waals surface area contributed by atoms with Crippen molar-refractivity contribution in [2.45, 2.75) is 6.18 Å². The molecule has 11 heteroatoms. The minimum Gasteiger partial charge on any atom is -0.507 e. The number of phenols is 1. The number of benzene rings is 2. The minimum atomic E-state index is -4.58. The lowest BCUT2D eigenvalue weighted by atomic mass is 10.1. The first-order chi connectivity index (χ1) is 15.3. The van der Waals surface area contributed by atoms with Crippen LogP contribution in [0.5, 0.6) is 5.75 Å². The molecule has 166 valence electrons. The van der Waals surface area contributed by atoms with E-state index in [9.17, 15) is 27.9 Å². The monoisotopic (exact) mass is 445 g/mol. The van der Waals surface area contributed by atoms with E-state index in [-0.39, 0.29) is 54.8 Å². The summed E-state index contributed by atoms with van der Waals surface area (Å²) in [6.45, 7) is 0.905. The summed E-state index contributed by atoms with van der Waals surface area (Å²) in [6.07, 6.45) is -3.42. The molecule has 0 bridgehead atoms. The largest absolute Gasteiger partial charge is 0.507 e. The Hall–Kier alpha value is -3.89. The van der Waals surface area contributed by atoms with Gasteiger partial charge >= 0.3 is 6.18 Å². The average Bonchev–Trinajstić information content (AvgIpc) is 3.28. The van der Waals surface area contributed by atoms with Gasteiger partial charge in [-0.1, -0.05) is 29.5 Å². The van der Waals surface area contributed by atoms with E-state index < -0.39 is 17.6 Å². The molecular weight excluding hydrogens is 427 g/mol. The lowest BCUT2D eigenvalue weighted by Crippen LogP contribution is -2.50. The fraction of sp³-hybridized carbons (Fsp3) is 0.238. The summed E-state index contributed by atoms with van der Waals surface area (Å²) in [6, 6.07) is 11.1. The Bertz CT molecular complexity index is 1150. The smallest absolute Gasteiger partial charge is 0.418 e. The molecule has 1 aromatic heterocycles. The fourth-order valence-electron chi connectivity index (χ4n) is 3.49. The van der Waals surface area contributed by atoms with Gasteiger partial charge in [0.1, 0.15) is 5.75 Å². The predicted octanol–water partition coefficient (Wildman–Crippen LogP) is 2.59. The molecule has 1 saturated heterocycles. The van der Waals surface area contributed by atoms with Gasteiger partial charge in [-0.25, -0.2) is 4.68 Å². The van der Waals surface area contributed by atoms with E-state index in [1.165, 1.54) is 40.1 Å². The van der Waals surface area contributed by atoms with E-state index in [0.29, 0.717) is 0 Å². The number of alkyl halides is 3. The van der Waals surface area contributed by atoms with Crippen molar-refractivity contribution >= 4 is 11.8 Å². The first-order valence-electron chi connectivity index (χ1n) is 9.71. The van der Waals surface area contributed by atoms with E-state index in [1.807, 2.05) is 0 Å². The Balaban J connectivity index is 1.45.